The van der Waals surface area contributed by atoms with Crippen molar-refractivity contribution in [3.8, 4) is 5.75 Å². The van der Waals surface area contributed by atoms with Crippen LogP contribution in [0.4, 0.5) is 13.2 Å². The van der Waals surface area contributed by atoms with E-state index in [2.05, 4.69) is 15.5 Å². The average Bonchev–Trinajstić information content (AvgIpc) is 2.43. The van der Waals surface area contributed by atoms with Gasteiger partial charge in [-0.2, -0.15) is 21.6 Å². The van der Waals surface area contributed by atoms with E-state index in [-0.39, 0.29) is 11.1 Å². The first-order valence-corrected chi connectivity index (χ1v) is 6.97. The van der Waals surface area contributed by atoms with Crippen LogP contribution in [0.3, 0.4) is 0 Å². The summed E-state index contributed by atoms with van der Waals surface area (Å²) in [7, 11) is -5.02. The van der Waals surface area contributed by atoms with Crippen LogP contribution >= 0.6 is 0 Å². The number of carbonyl (C=O) groups excluding carboxylic acids is 1. The molecule has 0 fully saturated rings. The molecule has 1 N–H and O–H groups in total. The van der Waals surface area contributed by atoms with Crippen molar-refractivity contribution in [3.05, 3.63) is 35.9 Å². The summed E-state index contributed by atoms with van der Waals surface area (Å²) in [6.45, 7) is 2.81. The van der Waals surface area contributed by atoms with Gasteiger partial charge >= 0.3 is 21.6 Å². The number of methoxy groups -OCH3 is 1. The molecular weight excluding hydrogens is 329 g/mol. The Morgan fingerprint density at radius 1 is 1.36 bits per heavy atom. The lowest BCUT2D eigenvalue weighted by Gasteiger charge is -2.15. The number of benzene rings is 1. The topological polar surface area (TPSA) is 89.9 Å². The second kappa shape index (κ2) is 6.36. The van der Waals surface area contributed by atoms with E-state index in [1.165, 1.54) is 6.07 Å². The van der Waals surface area contributed by atoms with Gasteiger partial charge in [-0.05, 0) is 17.2 Å². The molecule has 0 saturated carbocycles. The molecule has 0 aliphatic heterocycles. The molecular formula is C12H11F3O6S. The van der Waals surface area contributed by atoms with Crippen LogP contribution < -0.4 is 4.18 Å². The molecule has 1 aromatic rings. The summed E-state index contributed by atoms with van der Waals surface area (Å²) in [5.41, 5.74) is -6.37. The number of rotatable bonds is 5. The molecule has 0 amide bonds. The summed E-state index contributed by atoms with van der Waals surface area (Å²) in [6.07, 6.45) is 0. The largest absolute Gasteiger partial charge is 0.534 e. The number of hydrogen-bond acceptors (Lipinski definition) is 6. The zero-order valence-electron chi connectivity index (χ0n) is 11.2. The minimum Gasteiger partial charge on any atom is -0.465 e. The van der Waals surface area contributed by atoms with E-state index >= 15 is 0 Å². The lowest BCUT2D eigenvalue weighted by molar-refractivity contribution is -0.0500. The van der Waals surface area contributed by atoms with E-state index in [0.717, 1.165) is 19.2 Å². The number of aliphatic hydroxyl groups is 1. The molecule has 0 heterocycles. The number of carbonyl (C=O) groups is 1. The van der Waals surface area contributed by atoms with Gasteiger partial charge in [-0.3, -0.25) is 0 Å². The maximum Gasteiger partial charge on any atom is 0.534 e. The Labute approximate surface area is 123 Å². The van der Waals surface area contributed by atoms with Gasteiger partial charge in [0.15, 0.2) is 5.75 Å². The summed E-state index contributed by atoms with van der Waals surface area (Å²) < 4.78 is 67.6. The number of halogens is 3. The highest BCUT2D eigenvalue weighted by atomic mass is 32.2. The fourth-order valence-corrected chi connectivity index (χ4v) is 1.93. The highest BCUT2D eigenvalue weighted by molar-refractivity contribution is 7.88. The van der Waals surface area contributed by atoms with E-state index in [4.69, 9.17) is 5.11 Å². The molecule has 6 nitrogen and oxygen atoms in total. The maximum absolute atomic E-state index is 12.4. The fourth-order valence-electron chi connectivity index (χ4n) is 1.46. The number of ether oxygens (including phenoxy) is 1. The fraction of sp³-hybridized carbons (Fsp3) is 0.250. The van der Waals surface area contributed by atoms with Crippen molar-refractivity contribution in [2.45, 2.75) is 5.51 Å². The van der Waals surface area contributed by atoms with Crippen molar-refractivity contribution in [2.24, 2.45) is 0 Å². The lowest BCUT2D eigenvalue weighted by atomic mass is 10.0. The highest BCUT2D eigenvalue weighted by Crippen LogP contribution is 2.32. The van der Waals surface area contributed by atoms with Gasteiger partial charge < -0.3 is 14.0 Å². The Kier molecular flexibility index (Phi) is 5.20. The van der Waals surface area contributed by atoms with Gasteiger partial charge in [-0.1, -0.05) is 18.7 Å². The second-order valence-electron chi connectivity index (χ2n) is 3.92. The van der Waals surface area contributed by atoms with Crippen molar-refractivity contribution in [1.29, 1.82) is 0 Å². The zero-order valence-corrected chi connectivity index (χ0v) is 12.0. The lowest BCUT2D eigenvalue weighted by Crippen LogP contribution is -2.28. The standard InChI is InChI=1S/C12H11F3O6S/c1-7(6-16)8-4-3-5-9(10(8)11(17)20-2)21-22(18,19)12(13,14)15/h3-5,16H,1,6H2,2H3. The smallest absolute Gasteiger partial charge is 0.465 e. The monoisotopic (exact) mass is 340 g/mol. The van der Waals surface area contributed by atoms with Crippen LogP contribution in [0, 0.1) is 0 Å². The molecule has 1 aromatic carbocycles. The number of esters is 1. The molecule has 0 spiro atoms. The summed E-state index contributed by atoms with van der Waals surface area (Å²) >= 11 is 0. The molecule has 0 bridgehead atoms. The molecule has 1 rings (SSSR count). The predicted octanol–water partition coefficient (Wildman–Crippen LogP) is 1.71. The minimum atomic E-state index is -5.96. The van der Waals surface area contributed by atoms with Gasteiger partial charge in [-0.25, -0.2) is 4.79 Å². The quantitative estimate of drug-likeness (QED) is 0.499. The van der Waals surface area contributed by atoms with Crippen LogP contribution in [0.15, 0.2) is 24.8 Å². The third-order valence-electron chi connectivity index (χ3n) is 2.47. The SMILES string of the molecule is C=C(CO)c1cccc(OS(=O)(=O)C(F)(F)F)c1C(=O)OC. The molecule has 0 unspecified atom stereocenters. The highest BCUT2D eigenvalue weighted by Gasteiger charge is 2.49. The summed E-state index contributed by atoms with van der Waals surface area (Å²) in [5, 5.41) is 9.03. The van der Waals surface area contributed by atoms with Gasteiger partial charge in [0.1, 0.15) is 5.56 Å². The molecule has 0 atom stereocenters. The zero-order chi connectivity index (χ0) is 17.1. The van der Waals surface area contributed by atoms with Crippen molar-refractivity contribution in [1.82, 2.24) is 0 Å². The first-order valence-electron chi connectivity index (χ1n) is 5.56. The van der Waals surface area contributed by atoms with Gasteiger partial charge in [0.25, 0.3) is 0 Å². The average molecular weight is 340 g/mol. The van der Waals surface area contributed by atoms with Gasteiger partial charge in [0, 0.05) is 0 Å². The van der Waals surface area contributed by atoms with Crippen LogP contribution in [0.5, 0.6) is 5.75 Å². The Hall–Kier alpha value is -2.07. The van der Waals surface area contributed by atoms with Gasteiger partial charge in [0.05, 0.1) is 13.7 Å². The predicted molar refractivity (Wildman–Crippen MR) is 69.5 cm³/mol. The third kappa shape index (κ3) is 3.57. The van der Waals surface area contributed by atoms with Crippen LogP contribution in [-0.4, -0.2) is 38.7 Å². The second-order valence-corrected chi connectivity index (χ2v) is 5.45. The number of alkyl halides is 3. The maximum atomic E-state index is 12.4. The van der Waals surface area contributed by atoms with Crippen LogP contribution in [0.2, 0.25) is 0 Å². The van der Waals surface area contributed by atoms with E-state index in [1.54, 1.807) is 0 Å². The molecule has 22 heavy (non-hydrogen) atoms. The van der Waals surface area contributed by atoms with Crippen molar-refractivity contribution in [3.63, 3.8) is 0 Å². The van der Waals surface area contributed by atoms with Crippen LogP contribution in [0.1, 0.15) is 15.9 Å². The first-order chi connectivity index (χ1) is 10.0. The van der Waals surface area contributed by atoms with Crippen molar-refractivity contribution < 1.29 is 40.4 Å². The molecule has 0 aliphatic carbocycles. The number of hydrogen-bond donors (Lipinski definition) is 1. The normalized spacial score (nSPS) is 11.9. The molecule has 0 aromatic heterocycles. The number of aliphatic hydroxyl groups excluding tert-OH is 1. The van der Waals surface area contributed by atoms with Gasteiger partial charge in [0.2, 0.25) is 0 Å². The first kappa shape index (κ1) is 18.0. The molecule has 0 radical (unpaired) electrons. The van der Waals surface area contributed by atoms with Crippen molar-refractivity contribution in [2.75, 3.05) is 13.7 Å². The van der Waals surface area contributed by atoms with Gasteiger partial charge in [-0.15, -0.1) is 0 Å². The summed E-state index contributed by atoms with van der Waals surface area (Å²) in [5.74, 6) is -2.02. The molecule has 0 aliphatic rings. The van der Waals surface area contributed by atoms with E-state index in [0.29, 0.717) is 0 Å². The summed E-state index contributed by atoms with van der Waals surface area (Å²) in [4.78, 5) is 11.7. The third-order valence-corrected chi connectivity index (χ3v) is 3.44. The van der Waals surface area contributed by atoms with Crippen LogP contribution in [0.25, 0.3) is 5.57 Å². The van der Waals surface area contributed by atoms with E-state index < -0.39 is 39.5 Å². The van der Waals surface area contributed by atoms with E-state index in [1.807, 2.05) is 0 Å². The molecule has 10 heteroatoms. The Bertz CT molecular complexity index is 693. The van der Waals surface area contributed by atoms with Crippen LogP contribution in [-0.2, 0) is 14.9 Å². The van der Waals surface area contributed by atoms with Crippen molar-refractivity contribution >= 4 is 21.7 Å². The molecule has 122 valence electrons. The Morgan fingerprint density at radius 3 is 2.41 bits per heavy atom. The Balaban J connectivity index is 3.50. The Morgan fingerprint density at radius 2 is 1.95 bits per heavy atom. The summed E-state index contributed by atoms with van der Waals surface area (Å²) in [6, 6.07) is 3.24. The molecule has 0 saturated heterocycles. The minimum absolute atomic E-state index is 0.0322. The van der Waals surface area contributed by atoms with E-state index in [9.17, 15) is 26.4 Å².